The molecule has 1 heterocycles. The largest absolute Gasteiger partial charge is 0.467 e. The van der Waals surface area contributed by atoms with Crippen LogP contribution in [-0.4, -0.2) is 29.5 Å². The Hall–Kier alpha value is -1.91. The lowest BCUT2D eigenvalue weighted by molar-refractivity contribution is -0.149. The number of carbonyl (C=O) groups is 2. The molecule has 1 saturated carbocycles. The van der Waals surface area contributed by atoms with Gasteiger partial charge in [0.05, 0.1) is 7.11 Å². The summed E-state index contributed by atoms with van der Waals surface area (Å²) in [7, 11) is 1.37. The zero-order valence-electron chi connectivity index (χ0n) is 12.6. The topological polar surface area (TPSA) is 68.3 Å². The molecule has 0 bridgehead atoms. The number of nitrogens with zero attached hydrogens (tertiary/aromatic N) is 1. The van der Waals surface area contributed by atoms with Crippen molar-refractivity contribution in [1.82, 2.24) is 10.3 Å². The first-order valence-electron chi connectivity index (χ1n) is 7.39. The number of nitrogens with one attached hydrogen (secondary N) is 1. The molecule has 0 aromatic carbocycles. The van der Waals surface area contributed by atoms with Crippen molar-refractivity contribution in [1.29, 1.82) is 0 Å². The maximum absolute atomic E-state index is 12.4. The number of pyridine rings is 1. The van der Waals surface area contributed by atoms with Crippen LogP contribution in [0.3, 0.4) is 0 Å². The smallest absolute Gasteiger partial charge is 0.331 e. The van der Waals surface area contributed by atoms with Gasteiger partial charge in [0, 0.05) is 6.20 Å². The van der Waals surface area contributed by atoms with Crippen molar-refractivity contribution >= 4 is 11.9 Å². The number of esters is 1. The number of methoxy groups -OCH3 is 1. The van der Waals surface area contributed by atoms with E-state index in [9.17, 15) is 9.59 Å². The SMILES string of the molecule is COC(=O)[C@]1(NC(=O)c2ccccn2)CCCC[C@H](C)C1. The quantitative estimate of drug-likeness (QED) is 0.685. The molecule has 1 aliphatic carbocycles. The molecule has 0 aliphatic heterocycles. The third-order valence-corrected chi connectivity index (χ3v) is 4.07. The molecule has 1 aliphatic rings. The predicted molar refractivity (Wildman–Crippen MR) is 78.7 cm³/mol. The van der Waals surface area contributed by atoms with E-state index in [4.69, 9.17) is 4.74 Å². The van der Waals surface area contributed by atoms with Gasteiger partial charge >= 0.3 is 5.97 Å². The maximum Gasteiger partial charge on any atom is 0.331 e. The van der Waals surface area contributed by atoms with Gasteiger partial charge in [0.15, 0.2) is 0 Å². The molecule has 0 unspecified atom stereocenters. The number of ether oxygens (including phenoxy) is 1. The van der Waals surface area contributed by atoms with Gasteiger partial charge in [-0.2, -0.15) is 0 Å². The van der Waals surface area contributed by atoms with E-state index in [1.54, 1.807) is 24.4 Å². The fourth-order valence-corrected chi connectivity index (χ4v) is 3.04. The van der Waals surface area contributed by atoms with Crippen LogP contribution in [0.1, 0.15) is 49.5 Å². The van der Waals surface area contributed by atoms with E-state index in [0.29, 0.717) is 24.5 Å². The van der Waals surface area contributed by atoms with Gasteiger partial charge in [-0.3, -0.25) is 9.78 Å². The molecule has 1 fully saturated rings. The van der Waals surface area contributed by atoms with E-state index < -0.39 is 5.54 Å². The lowest BCUT2D eigenvalue weighted by atomic mass is 9.86. The number of hydrogen-bond acceptors (Lipinski definition) is 4. The van der Waals surface area contributed by atoms with Crippen LogP contribution in [0.25, 0.3) is 0 Å². The van der Waals surface area contributed by atoms with Gasteiger partial charge in [0.1, 0.15) is 11.2 Å². The van der Waals surface area contributed by atoms with Gasteiger partial charge in [0.2, 0.25) is 0 Å². The maximum atomic E-state index is 12.4. The first-order valence-corrected chi connectivity index (χ1v) is 7.39. The molecule has 1 amide bonds. The number of aromatic nitrogens is 1. The second-order valence-electron chi connectivity index (χ2n) is 5.80. The highest BCUT2D eigenvalue weighted by molar-refractivity contribution is 5.96. The number of amides is 1. The summed E-state index contributed by atoms with van der Waals surface area (Å²) in [5.74, 6) is -0.314. The summed E-state index contributed by atoms with van der Waals surface area (Å²) in [5, 5.41) is 2.89. The highest BCUT2D eigenvalue weighted by atomic mass is 16.5. The molecule has 1 N–H and O–H groups in total. The van der Waals surface area contributed by atoms with Crippen LogP contribution >= 0.6 is 0 Å². The summed E-state index contributed by atoms with van der Waals surface area (Å²) >= 11 is 0. The summed E-state index contributed by atoms with van der Waals surface area (Å²) < 4.78 is 4.96. The van der Waals surface area contributed by atoms with Crippen molar-refractivity contribution in [3.05, 3.63) is 30.1 Å². The van der Waals surface area contributed by atoms with Crippen LogP contribution < -0.4 is 5.32 Å². The number of rotatable bonds is 3. The second kappa shape index (κ2) is 6.70. The van der Waals surface area contributed by atoms with Crippen molar-refractivity contribution in [2.24, 2.45) is 5.92 Å². The van der Waals surface area contributed by atoms with E-state index in [1.165, 1.54) is 7.11 Å². The molecule has 2 rings (SSSR count). The van der Waals surface area contributed by atoms with Crippen LogP contribution in [-0.2, 0) is 9.53 Å². The summed E-state index contributed by atoms with van der Waals surface area (Å²) in [6, 6.07) is 5.14. The first-order chi connectivity index (χ1) is 10.1. The van der Waals surface area contributed by atoms with E-state index in [1.807, 2.05) is 0 Å². The summed E-state index contributed by atoms with van der Waals surface area (Å²) in [6.45, 7) is 2.11. The Morgan fingerprint density at radius 1 is 1.38 bits per heavy atom. The zero-order valence-corrected chi connectivity index (χ0v) is 12.6. The van der Waals surface area contributed by atoms with Gasteiger partial charge in [-0.1, -0.05) is 32.3 Å². The van der Waals surface area contributed by atoms with E-state index >= 15 is 0 Å². The Labute approximate surface area is 125 Å². The van der Waals surface area contributed by atoms with Crippen molar-refractivity contribution in [3.63, 3.8) is 0 Å². The van der Waals surface area contributed by atoms with Gasteiger partial charge in [0.25, 0.3) is 5.91 Å². The Kier molecular flexibility index (Phi) is 4.94. The third kappa shape index (κ3) is 3.60. The molecule has 21 heavy (non-hydrogen) atoms. The first kappa shape index (κ1) is 15.5. The standard InChI is InChI=1S/C16H22N2O3/c1-12-7-3-5-9-16(11-12,15(20)21-2)18-14(19)13-8-4-6-10-17-13/h4,6,8,10,12H,3,5,7,9,11H2,1-2H3,(H,18,19)/t12-,16-/m0/s1. The molecule has 5 heteroatoms. The fraction of sp³-hybridized carbons (Fsp3) is 0.562. The normalized spacial score (nSPS) is 25.7. The molecule has 0 saturated heterocycles. The lowest BCUT2D eigenvalue weighted by Crippen LogP contribution is -2.55. The van der Waals surface area contributed by atoms with E-state index in [0.717, 1.165) is 19.3 Å². The molecular formula is C16H22N2O3. The zero-order chi connectivity index (χ0) is 15.3. The van der Waals surface area contributed by atoms with Crippen molar-refractivity contribution < 1.29 is 14.3 Å². The van der Waals surface area contributed by atoms with Crippen LogP contribution in [0.2, 0.25) is 0 Å². The van der Waals surface area contributed by atoms with Gasteiger partial charge < -0.3 is 10.1 Å². The molecular weight excluding hydrogens is 268 g/mol. The summed E-state index contributed by atoms with van der Waals surface area (Å²) in [5.41, 5.74) is -0.614. The molecule has 0 radical (unpaired) electrons. The van der Waals surface area contributed by atoms with Gasteiger partial charge in [-0.15, -0.1) is 0 Å². The minimum absolute atomic E-state index is 0.317. The fourth-order valence-electron chi connectivity index (χ4n) is 3.04. The Morgan fingerprint density at radius 2 is 2.19 bits per heavy atom. The van der Waals surface area contributed by atoms with Crippen LogP contribution in [0.4, 0.5) is 0 Å². The molecule has 0 spiro atoms. The highest BCUT2D eigenvalue weighted by Crippen LogP contribution is 2.32. The van der Waals surface area contributed by atoms with Crippen LogP contribution in [0.15, 0.2) is 24.4 Å². The average Bonchev–Trinajstić information content (AvgIpc) is 2.69. The summed E-state index contributed by atoms with van der Waals surface area (Å²) in [6.07, 6.45) is 5.83. The molecule has 2 atom stereocenters. The molecule has 1 aromatic heterocycles. The minimum Gasteiger partial charge on any atom is -0.467 e. The molecule has 114 valence electrons. The lowest BCUT2D eigenvalue weighted by Gasteiger charge is -2.32. The predicted octanol–water partition coefficient (Wildman–Crippen LogP) is 2.32. The average molecular weight is 290 g/mol. The number of hydrogen-bond donors (Lipinski definition) is 1. The molecule has 5 nitrogen and oxygen atoms in total. The van der Waals surface area contributed by atoms with E-state index in [2.05, 4.69) is 17.2 Å². The van der Waals surface area contributed by atoms with Gasteiger partial charge in [-0.05, 0) is 30.9 Å². The van der Waals surface area contributed by atoms with Gasteiger partial charge in [-0.25, -0.2) is 4.79 Å². The van der Waals surface area contributed by atoms with Crippen molar-refractivity contribution in [2.75, 3.05) is 7.11 Å². The Balaban J connectivity index is 2.24. The summed E-state index contributed by atoms with van der Waals surface area (Å²) in [4.78, 5) is 28.7. The van der Waals surface area contributed by atoms with Crippen molar-refractivity contribution in [3.8, 4) is 0 Å². The Bertz CT molecular complexity index is 504. The Morgan fingerprint density at radius 3 is 2.86 bits per heavy atom. The van der Waals surface area contributed by atoms with Crippen LogP contribution in [0, 0.1) is 5.92 Å². The van der Waals surface area contributed by atoms with E-state index in [-0.39, 0.29) is 11.9 Å². The second-order valence-corrected chi connectivity index (χ2v) is 5.80. The molecule has 1 aromatic rings. The van der Waals surface area contributed by atoms with Crippen LogP contribution in [0.5, 0.6) is 0 Å². The minimum atomic E-state index is -0.931. The van der Waals surface area contributed by atoms with Crippen molar-refractivity contribution in [2.45, 2.75) is 44.6 Å². The number of carbonyl (C=O) groups excluding carboxylic acids is 2. The monoisotopic (exact) mass is 290 g/mol. The third-order valence-electron chi connectivity index (χ3n) is 4.07. The highest BCUT2D eigenvalue weighted by Gasteiger charge is 2.43.